The van der Waals surface area contributed by atoms with Crippen LogP contribution in [0.15, 0.2) is 28.6 Å². The highest BCUT2D eigenvalue weighted by Gasteiger charge is 2.14. The molecule has 0 heterocycles. The van der Waals surface area contributed by atoms with Crippen molar-refractivity contribution in [2.24, 2.45) is 10.4 Å². The van der Waals surface area contributed by atoms with E-state index in [-0.39, 0.29) is 0 Å². The minimum Gasteiger partial charge on any atom is -0.465 e. The van der Waals surface area contributed by atoms with Crippen molar-refractivity contribution in [3.8, 4) is 0 Å². The molecule has 7 heteroatoms. The number of ether oxygens (including phenoxy) is 1. The van der Waals surface area contributed by atoms with Crippen LogP contribution in [0.2, 0.25) is 0 Å². The SMILES string of the molecule is COC(=O)c1c(C)cccc1N/N=N\N(C)C=O. The van der Waals surface area contributed by atoms with Gasteiger partial charge in [0.2, 0.25) is 6.41 Å². The minimum atomic E-state index is -0.463. The van der Waals surface area contributed by atoms with Gasteiger partial charge in [-0.25, -0.2) is 9.80 Å². The second-order valence-electron chi connectivity index (χ2n) is 3.47. The minimum absolute atomic E-state index is 0.382. The fraction of sp³-hybridized carbons (Fsp3) is 0.273. The van der Waals surface area contributed by atoms with Crippen molar-refractivity contribution in [3.63, 3.8) is 0 Å². The molecule has 1 aromatic carbocycles. The molecule has 1 rings (SSSR count). The molecule has 0 aliphatic carbocycles. The lowest BCUT2D eigenvalue weighted by Crippen LogP contribution is -2.09. The van der Waals surface area contributed by atoms with Gasteiger partial charge in [0.25, 0.3) is 0 Å². The first-order valence-corrected chi connectivity index (χ1v) is 5.13. The van der Waals surface area contributed by atoms with Gasteiger partial charge in [-0.05, 0) is 23.8 Å². The van der Waals surface area contributed by atoms with Crippen molar-refractivity contribution >= 4 is 18.1 Å². The molecule has 0 aromatic heterocycles. The number of nitrogens with zero attached hydrogens (tertiary/aromatic N) is 3. The van der Waals surface area contributed by atoms with Crippen molar-refractivity contribution in [1.82, 2.24) is 5.01 Å². The molecule has 0 spiro atoms. The molecule has 0 saturated carbocycles. The van der Waals surface area contributed by atoms with E-state index in [0.717, 1.165) is 10.6 Å². The summed E-state index contributed by atoms with van der Waals surface area (Å²) < 4.78 is 4.69. The van der Waals surface area contributed by atoms with Crippen molar-refractivity contribution in [2.75, 3.05) is 19.6 Å². The molecule has 0 unspecified atom stereocenters. The van der Waals surface area contributed by atoms with Crippen LogP contribution in [0.1, 0.15) is 15.9 Å². The number of nitrogens with one attached hydrogen (secondary N) is 1. The quantitative estimate of drug-likeness (QED) is 0.372. The third-order valence-electron chi connectivity index (χ3n) is 2.17. The number of esters is 1. The van der Waals surface area contributed by atoms with Gasteiger partial charge in [-0.1, -0.05) is 17.4 Å². The van der Waals surface area contributed by atoms with Crippen LogP contribution in [-0.4, -0.2) is 31.5 Å². The van der Waals surface area contributed by atoms with Crippen molar-refractivity contribution in [2.45, 2.75) is 6.92 Å². The van der Waals surface area contributed by atoms with E-state index >= 15 is 0 Å². The first kappa shape index (κ1) is 13.6. The van der Waals surface area contributed by atoms with Crippen LogP contribution in [0.5, 0.6) is 0 Å². The Bertz CT molecular complexity index is 473. The van der Waals surface area contributed by atoms with Crippen LogP contribution in [0.4, 0.5) is 5.69 Å². The lowest BCUT2D eigenvalue weighted by molar-refractivity contribution is -0.117. The number of carbonyl (C=O) groups is 2. The standard InChI is InChI=1S/C11H14N4O3/c1-8-5-4-6-9(10(8)11(17)18-3)12-13-14-15(2)7-16/h4-7H,1-3H3,(H,12,14). The van der Waals surface area contributed by atoms with E-state index in [4.69, 9.17) is 0 Å². The Labute approximate surface area is 104 Å². The van der Waals surface area contributed by atoms with Crippen molar-refractivity contribution < 1.29 is 14.3 Å². The third-order valence-corrected chi connectivity index (χ3v) is 2.17. The van der Waals surface area contributed by atoms with Gasteiger partial charge >= 0.3 is 5.97 Å². The molecule has 0 atom stereocenters. The summed E-state index contributed by atoms with van der Waals surface area (Å²) in [5.74, 6) is -0.463. The summed E-state index contributed by atoms with van der Waals surface area (Å²) in [6.45, 7) is 1.78. The van der Waals surface area contributed by atoms with Crippen LogP contribution >= 0.6 is 0 Å². The zero-order chi connectivity index (χ0) is 13.5. The van der Waals surface area contributed by atoms with Crippen LogP contribution < -0.4 is 5.43 Å². The number of methoxy groups -OCH3 is 1. The van der Waals surface area contributed by atoms with E-state index < -0.39 is 5.97 Å². The zero-order valence-corrected chi connectivity index (χ0v) is 10.4. The highest BCUT2D eigenvalue weighted by molar-refractivity contribution is 5.97. The molecule has 0 aliphatic heterocycles. The van der Waals surface area contributed by atoms with Crippen LogP contribution in [0.25, 0.3) is 0 Å². The molecule has 7 nitrogen and oxygen atoms in total. The maximum atomic E-state index is 11.6. The number of benzene rings is 1. The third kappa shape index (κ3) is 3.27. The van der Waals surface area contributed by atoms with E-state index in [9.17, 15) is 9.59 Å². The van der Waals surface area contributed by atoms with Crippen molar-refractivity contribution in [3.05, 3.63) is 29.3 Å². The van der Waals surface area contributed by atoms with E-state index in [1.807, 2.05) is 0 Å². The van der Waals surface area contributed by atoms with E-state index in [0.29, 0.717) is 17.7 Å². The van der Waals surface area contributed by atoms with E-state index in [1.165, 1.54) is 14.2 Å². The van der Waals surface area contributed by atoms with Gasteiger partial charge in [0.05, 0.1) is 18.4 Å². The van der Waals surface area contributed by atoms with E-state index in [2.05, 4.69) is 20.6 Å². The Morgan fingerprint density at radius 3 is 2.83 bits per heavy atom. The number of hydrogen-bond acceptors (Lipinski definition) is 5. The van der Waals surface area contributed by atoms with Gasteiger partial charge in [0.1, 0.15) is 0 Å². The number of amides is 1. The zero-order valence-electron chi connectivity index (χ0n) is 10.4. The summed E-state index contributed by atoms with van der Waals surface area (Å²) in [6, 6.07) is 5.22. The second kappa shape index (κ2) is 6.33. The Kier molecular flexibility index (Phi) is 4.79. The summed E-state index contributed by atoms with van der Waals surface area (Å²) in [5, 5.41) is 8.10. The van der Waals surface area contributed by atoms with Crippen LogP contribution in [-0.2, 0) is 9.53 Å². The second-order valence-corrected chi connectivity index (χ2v) is 3.47. The number of rotatable bonds is 5. The Hall–Kier alpha value is -2.44. The first-order chi connectivity index (χ1) is 8.60. The van der Waals surface area contributed by atoms with Gasteiger partial charge in [0, 0.05) is 7.05 Å². The van der Waals surface area contributed by atoms with Gasteiger partial charge in [-0.2, -0.15) is 0 Å². The van der Waals surface area contributed by atoms with E-state index in [1.54, 1.807) is 25.1 Å². The topological polar surface area (TPSA) is 83.4 Å². The lowest BCUT2D eigenvalue weighted by Gasteiger charge is -2.09. The predicted molar refractivity (Wildman–Crippen MR) is 64.8 cm³/mol. The Morgan fingerprint density at radius 2 is 2.22 bits per heavy atom. The van der Waals surface area contributed by atoms with Gasteiger partial charge in [-0.3, -0.25) is 10.2 Å². The molecule has 18 heavy (non-hydrogen) atoms. The van der Waals surface area contributed by atoms with Crippen molar-refractivity contribution in [1.29, 1.82) is 0 Å². The fourth-order valence-corrected chi connectivity index (χ4v) is 1.30. The molecule has 0 bridgehead atoms. The number of anilines is 1. The average Bonchev–Trinajstić information content (AvgIpc) is 2.37. The summed E-state index contributed by atoms with van der Waals surface area (Å²) in [5.41, 5.74) is 4.19. The molecule has 0 fully saturated rings. The summed E-state index contributed by atoms with van der Waals surface area (Å²) in [6.07, 6.45) is 0.503. The highest BCUT2D eigenvalue weighted by Crippen LogP contribution is 2.20. The summed E-state index contributed by atoms with van der Waals surface area (Å²) in [4.78, 5) is 21.9. The van der Waals surface area contributed by atoms with Crippen LogP contribution in [0, 0.1) is 6.92 Å². The maximum Gasteiger partial charge on any atom is 0.340 e. The highest BCUT2D eigenvalue weighted by atomic mass is 16.5. The predicted octanol–water partition coefficient (Wildman–Crippen LogP) is 1.56. The molecular weight excluding hydrogens is 236 g/mol. The maximum absolute atomic E-state index is 11.6. The number of hydrogen-bond donors (Lipinski definition) is 1. The largest absolute Gasteiger partial charge is 0.465 e. The molecule has 96 valence electrons. The molecule has 0 aliphatic rings. The lowest BCUT2D eigenvalue weighted by atomic mass is 10.1. The molecule has 1 N–H and O–H groups in total. The summed E-state index contributed by atoms with van der Waals surface area (Å²) in [7, 11) is 2.75. The monoisotopic (exact) mass is 250 g/mol. The average molecular weight is 250 g/mol. The van der Waals surface area contributed by atoms with Gasteiger partial charge in [-0.15, -0.1) is 0 Å². The molecule has 1 amide bonds. The Balaban J connectivity index is 2.95. The van der Waals surface area contributed by atoms with Crippen LogP contribution in [0.3, 0.4) is 0 Å². The van der Waals surface area contributed by atoms with Gasteiger partial charge < -0.3 is 4.74 Å². The molecule has 1 aromatic rings. The first-order valence-electron chi connectivity index (χ1n) is 5.13. The fourth-order valence-electron chi connectivity index (χ4n) is 1.30. The normalized spacial score (nSPS) is 10.2. The smallest absolute Gasteiger partial charge is 0.340 e. The molecular formula is C11H14N4O3. The van der Waals surface area contributed by atoms with Gasteiger partial charge in [0.15, 0.2) is 0 Å². The number of aryl methyl sites for hydroxylation is 1. The molecule has 0 radical (unpaired) electrons. The molecule has 0 saturated heterocycles. The Morgan fingerprint density at radius 1 is 1.50 bits per heavy atom. The number of carbonyl (C=O) groups excluding carboxylic acids is 2. The summed E-state index contributed by atoms with van der Waals surface area (Å²) >= 11 is 0.